The summed E-state index contributed by atoms with van der Waals surface area (Å²) in [4.78, 5) is 27.8. The van der Waals surface area contributed by atoms with E-state index < -0.39 is 12.1 Å². The molecule has 7 nitrogen and oxygen atoms in total. The van der Waals surface area contributed by atoms with Crippen LogP contribution in [0.3, 0.4) is 0 Å². The first-order valence-electron chi connectivity index (χ1n) is 7.90. The fourth-order valence-corrected chi connectivity index (χ4v) is 2.85. The van der Waals surface area contributed by atoms with Crippen molar-refractivity contribution in [3.63, 3.8) is 0 Å². The average molecular weight is 319 g/mol. The smallest absolute Gasteiger partial charge is 0.312 e. The van der Waals surface area contributed by atoms with Gasteiger partial charge in [-0.05, 0) is 42.5 Å². The van der Waals surface area contributed by atoms with Crippen LogP contribution in [0.25, 0.3) is 0 Å². The molecular weight excluding hydrogens is 294 g/mol. The number of rotatable bonds is 5. The molecule has 23 heavy (non-hydrogen) atoms. The number of aromatic nitrogens is 1. The van der Waals surface area contributed by atoms with E-state index in [0.29, 0.717) is 6.54 Å². The third-order valence-electron chi connectivity index (χ3n) is 4.16. The molecule has 1 aliphatic rings. The number of pyridine rings is 1. The van der Waals surface area contributed by atoms with Crippen LogP contribution < -0.4 is 21.7 Å². The monoisotopic (exact) mass is 319 g/mol. The van der Waals surface area contributed by atoms with Crippen LogP contribution in [0, 0.1) is 12.8 Å². The summed E-state index contributed by atoms with van der Waals surface area (Å²) in [6.07, 6.45) is 2.82. The SMILES string of the molecule is Cc1ncc2c(c1CNC(=O)[C@@H](NC(N)=O)C(C)C)CCNC2. The number of aryl methyl sites for hydroxylation is 1. The molecule has 0 aromatic carbocycles. The Hall–Kier alpha value is -2.15. The zero-order chi connectivity index (χ0) is 17.0. The molecule has 2 rings (SSSR count). The summed E-state index contributed by atoms with van der Waals surface area (Å²) in [5, 5.41) is 8.72. The topological polar surface area (TPSA) is 109 Å². The summed E-state index contributed by atoms with van der Waals surface area (Å²) in [6, 6.07) is -1.33. The molecule has 0 radical (unpaired) electrons. The lowest BCUT2D eigenvalue weighted by atomic mass is 9.95. The number of urea groups is 1. The number of carbonyl (C=O) groups is 2. The van der Waals surface area contributed by atoms with Gasteiger partial charge in [0.15, 0.2) is 0 Å². The molecule has 0 bridgehead atoms. The first-order chi connectivity index (χ1) is 10.9. The van der Waals surface area contributed by atoms with Gasteiger partial charge in [-0.15, -0.1) is 0 Å². The predicted octanol–water partition coefficient (Wildman–Crippen LogP) is 0.345. The molecule has 3 amide bonds. The third-order valence-corrected chi connectivity index (χ3v) is 4.16. The highest BCUT2D eigenvalue weighted by atomic mass is 16.2. The van der Waals surface area contributed by atoms with Gasteiger partial charge in [-0.1, -0.05) is 13.8 Å². The molecule has 0 saturated heterocycles. The van der Waals surface area contributed by atoms with Crippen molar-refractivity contribution < 1.29 is 9.59 Å². The van der Waals surface area contributed by atoms with Gasteiger partial charge in [0.25, 0.3) is 0 Å². The Labute approximate surface area is 136 Å². The molecule has 0 spiro atoms. The highest BCUT2D eigenvalue weighted by molar-refractivity contribution is 5.86. The van der Waals surface area contributed by atoms with E-state index in [1.807, 2.05) is 27.0 Å². The molecule has 5 N–H and O–H groups in total. The van der Waals surface area contributed by atoms with Crippen molar-refractivity contribution in [1.82, 2.24) is 20.9 Å². The number of carbonyl (C=O) groups excluding carboxylic acids is 2. The molecule has 1 aromatic rings. The first-order valence-corrected chi connectivity index (χ1v) is 7.90. The minimum absolute atomic E-state index is 0.0457. The molecule has 0 aliphatic carbocycles. The highest BCUT2D eigenvalue weighted by Gasteiger charge is 2.24. The fourth-order valence-electron chi connectivity index (χ4n) is 2.85. The van der Waals surface area contributed by atoms with E-state index >= 15 is 0 Å². The minimum atomic E-state index is -0.695. The minimum Gasteiger partial charge on any atom is -0.352 e. The van der Waals surface area contributed by atoms with E-state index in [9.17, 15) is 9.59 Å². The van der Waals surface area contributed by atoms with E-state index in [2.05, 4.69) is 20.9 Å². The molecular formula is C16H25N5O2. The van der Waals surface area contributed by atoms with Crippen molar-refractivity contribution in [3.05, 3.63) is 28.6 Å². The lowest BCUT2D eigenvalue weighted by Gasteiger charge is -2.24. The van der Waals surface area contributed by atoms with Crippen LogP contribution >= 0.6 is 0 Å². The van der Waals surface area contributed by atoms with Gasteiger partial charge in [-0.3, -0.25) is 9.78 Å². The molecule has 126 valence electrons. The maximum absolute atomic E-state index is 12.4. The summed E-state index contributed by atoms with van der Waals surface area (Å²) in [5.74, 6) is -0.277. The number of nitrogens with one attached hydrogen (secondary N) is 3. The zero-order valence-electron chi connectivity index (χ0n) is 13.9. The van der Waals surface area contributed by atoms with E-state index in [1.54, 1.807) is 0 Å². The highest BCUT2D eigenvalue weighted by Crippen LogP contribution is 2.20. The van der Waals surface area contributed by atoms with Gasteiger partial charge in [0, 0.05) is 25.0 Å². The molecule has 0 unspecified atom stereocenters. The summed E-state index contributed by atoms with van der Waals surface area (Å²) in [6.45, 7) is 7.82. The Morgan fingerprint density at radius 1 is 1.43 bits per heavy atom. The lowest BCUT2D eigenvalue weighted by Crippen LogP contribution is -2.51. The second-order valence-corrected chi connectivity index (χ2v) is 6.20. The Bertz CT molecular complexity index is 600. The Balaban J connectivity index is 2.11. The average Bonchev–Trinajstić information content (AvgIpc) is 2.51. The van der Waals surface area contributed by atoms with Gasteiger partial charge < -0.3 is 21.7 Å². The first kappa shape index (κ1) is 17.2. The quantitative estimate of drug-likeness (QED) is 0.627. The second kappa shape index (κ2) is 7.41. The number of hydrogen-bond acceptors (Lipinski definition) is 4. The van der Waals surface area contributed by atoms with Crippen LogP contribution in [0.4, 0.5) is 4.79 Å². The van der Waals surface area contributed by atoms with Gasteiger partial charge in [-0.2, -0.15) is 0 Å². The Morgan fingerprint density at radius 3 is 2.83 bits per heavy atom. The van der Waals surface area contributed by atoms with Gasteiger partial charge in [0.05, 0.1) is 0 Å². The summed E-state index contributed by atoms with van der Waals surface area (Å²) < 4.78 is 0. The van der Waals surface area contributed by atoms with Crippen LogP contribution in [0.15, 0.2) is 6.20 Å². The predicted molar refractivity (Wildman–Crippen MR) is 87.6 cm³/mol. The van der Waals surface area contributed by atoms with Crippen molar-refractivity contribution in [1.29, 1.82) is 0 Å². The van der Waals surface area contributed by atoms with Crippen LogP contribution in [-0.4, -0.2) is 29.5 Å². The van der Waals surface area contributed by atoms with Crippen molar-refractivity contribution in [2.24, 2.45) is 11.7 Å². The number of nitrogens with two attached hydrogens (primary N) is 1. The molecule has 0 saturated carbocycles. The third kappa shape index (κ3) is 4.19. The fraction of sp³-hybridized carbons (Fsp3) is 0.562. The number of amides is 3. The van der Waals surface area contributed by atoms with E-state index in [1.165, 1.54) is 11.1 Å². The molecule has 2 heterocycles. The second-order valence-electron chi connectivity index (χ2n) is 6.20. The van der Waals surface area contributed by atoms with Gasteiger partial charge in [0.2, 0.25) is 5.91 Å². The van der Waals surface area contributed by atoms with E-state index in [0.717, 1.165) is 30.8 Å². The lowest BCUT2D eigenvalue weighted by molar-refractivity contribution is -0.124. The molecule has 1 aliphatic heterocycles. The summed E-state index contributed by atoms with van der Waals surface area (Å²) >= 11 is 0. The van der Waals surface area contributed by atoms with Gasteiger partial charge in [0.1, 0.15) is 6.04 Å². The number of nitrogens with zero attached hydrogens (tertiary/aromatic N) is 1. The number of fused-ring (bicyclic) bond motifs is 1. The summed E-state index contributed by atoms with van der Waals surface area (Å²) in [7, 11) is 0. The Kier molecular flexibility index (Phi) is 5.54. The normalized spacial score (nSPS) is 15.0. The Morgan fingerprint density at radius 2 is 2.17 bits per heavy atom. The van der Waals surface area contributed by atoms with Crippen LogP contribution in [0.5, 0.6) is 0 Å². The van der Waals surface area contributed by atoms with Crippen molar-refractivity contribution in [3.8, 4) is 0 Å². The molecule has 7 heteroatoms. The number of primary amides is 1. The van der Waals surface area contributed by atoms with Crippen molar-refractivity contribution in [2.45, 2.75) is 46.3 Å². The van der Waals surface area contributed by atoms with Crippen molar-refractivity contribution in [2.75, 3.05) is 6.54 Å². The largest absolute Gasteiger partial charge is 0.352 e. The van der Waals surface area contributed by atoms with Crippen LogP contribution in [0.1, 0.15) is 36.2 Å². The van der Waals surface area contributed by atoms with Gasteiger partial charge in [-0.25, -0.2) is 4.79 Å². The van der Waals surface area contributed by atoms with Crippen LogP contribution in [0.2, 0.25) is 0 Å². The zero-order valence-corrected chi connectivity index (χ0v) is 13.9. The standard InChI is InChI=1S/C16H25N5O2/c1-9(2)14(21-16(17)23)15(22)20-8-13-10(3)19-7-11-6-18-5-4-12(11)13/h7,9,14,18H,4-6,8H2,1-3H3,(H,20,22)(H3,17,21,23)/t14-/m0/s1. The van der Waals surface area contributed by atoms with E-state index in [4.69, 9.17) is 5.73 Å². The van der Waals surface area contributed by atoms with E-state index in [-0.39, 0.29) is 11.8 Å². The molecule has 1 aromatic heterocycles. The summed E-state index contributed by atoms with van der Waals surface area (Å²) in [5.41, 5.74) is 9.59. The molecule has 0 fully saturated rings. The maximum atomic E-state index is 12.4. The number of hydrogen-bond donors (Lipinski definition) is 4. The molecule has 1 atom stereocenters. The van der Waals surface area contributed by atoms with Crippen molar-refractivity contribution >= 4 is 11.9 Å². The maximum Gasteiger partial charge on any atom is 0.312 e. The van der Waals surface area contributed by atoms with Gasteiger partial charge >= 0.3 is 6.03 Å². The van der Waals surface area contributed by atoms with Crippen LogP contribution in [-0.2, 0) is 24.3 Å².